The molecule has 0 amide bonds. The number of ether oxygens (including phenoxy) is 1. The maximum Gasteiger partial charge on any atom is 0.338 e. The standard InChI is InChI=1S/C14H21NO2S/c1-4-18-10-11(2)15-9-12-7-5-6-8-13(12)14(16)17-3/h5-8,11,15H,4,9-10H2,1-3H3. The van der Waals surface area contributed by atoms with Gasteiger partial charge in [-0.05, 0) is 24.3 Å². The highest BCUT2D eigenvalue weighted by Gasteiger charge is 2.11. The quantitative estimate of drug-likeness (QED) is 0.771. The summed E-state index contributed by atoms with van der Waals surface area (Å²) in [6, 6.07) is 7.98. The number of carbonyl (C=O) groups excluding carboxylic acids is 1. The minimum absolute atomic E-state index is 0.275. The molecule has 0 spiro atoms. The van der Waals surface area contributed by atoms with Gasteiger partial charge in [0.25, 0.3) is 0 Å². The molecule has 1 aromatic rings. The van der Waals surface area contributed by atoms with Gasteiger partial charge in [-0.15, -0.1) is 0 Å². The number of benzene rings is 1. The zero-order chi connectivity index (χ0) is 13.4. The first kappa shape index (κ1) is 15.1. The fourth-order valence-electron chi connectivity index (χ4n) is 1.62. The van der Waals surface area contributed by atoms with Crippen molar-refractivity contribution in [3.05, 3.63) is 35.4 Å². The van der Waals surface area contributed by atoms with Gasteiger partial charge >= 0.3 is 5.97 Å². The summed E-state index contributed by atoms with van der Waals surface area (Å²) >= 11 is 1.91. The number of nitrogens with one attached hydrogen (secondary N) is 1. The second-order valence-electron chi connectivity index (χ2n) is 4.09. The van der Waals surface area contributed by atoms with E-state index in [0.29, 0.717) is 18.2 Å². The van der Waals surface area contributed by atoms with Crippen LogP contribution in [0, 0.1) is 0 Å². The van der Waals surface area contributed by atoms with E-state index < -0.39 is 0 Å². The Morgan fingerprint density at radius 1 is 1.44 bits per heavy atom. The van der Waals surface area contributed by atoms with E-state index in [2.05, 4.69) is 19.2 Å². The maximum absolute atomic E-state index is 11.6. The van der Waals surface area contributed by atoms with Crippen molar-refractivity contribution in [2.45, 2.75) is 26.4 Å². The van der Waals surface area contributed by atoms with Crippen LogP contribution in [0.2, 0.25) is 0 Å². The van der Waals surface area contributed by atoms with Gasteiger partial charge in [0, 0.05) is 18.3 Å². The number of methoxy groups -OCH3 is 1. The normalized spacial score (nSPS) is 12.2. The Morgan fingerprint density at radius 2 is 2.17 bits per heavy atom. The van der Waals surface area contributed by atoms with Crippen LogP contribution in [0.5, 0.6) is 0 Å². The zero-order valence-corrected chi connectivity index (χ0v) is 12.0. The van der Waals surface area contributed by atoms with E-state index in [9.17, 15) is 4.79 Å². The lowest BCUT2D eigenvalue weighted by atomic mass is 10.1. The van der Waals surface area contributed by atoms with Crippen LogP contribution in [0.1, 0.15) is 29.8 Å². The third-order valence-electron chi connectivity index (χ3n) is 2.64. The second kappa shape index (κ2) is 8.16. The molecule has 18 heavy (non-hydrogen) atoms. The first-order chi connectivity index (χ1) is 8.69. The molecular weight excluding hydrogens is 246 g/mol. The molecule has 1 rings (SSSR count). The van der Waals surface area contributed by atoms with Gasteiger partial charge in [0.05, 0.1) is 12.7 Å². The summed E-state index contributed by atoms with van der Waals surface area (Å²) in [6.07, 6.45) is 0. The van der Waals surface area contributed by atoms with Crippen LogP contribution >= 0.6 is 11.8 Å². The van der Waals surface area contributed by atoms with Crippen molar-refractivity contribution in [1.82, 2.24) is 5.32 Å². The van der Waals surface area contributed by atoms with Crippen molar-refractivity contribution in [3.63, 3.8) is 0 Å². The molecule has 100 valence electrons. The number of hydrogen-bond acceptors (Lipinski definition) is 4. The largest absolute Gasteiger partial charge is 0.465 e. The van der Waals surface area contributed by atoms with Crippen LogP contribution in [0.3, 0.4) is 0 Å². The molecule has 1 atom stereocenters. The number of rotatable bonds is 7. The Bertz CT molecular complexity index is 382. The van der Waals surface area contributed by atoms with E-state index in [1.165, 1.54) is 7.11 Å². The van der Waals surface area contributed by atoms with Crippen molar-refractivity contribution < 1.29 is 9.53 Å². The van der Waals surface area contributed by atoms with Gasteiger partial charge in [-0.3, -0.25) is 0 Å². The van der Waals surface area contributed by atoms with Crippen molar-refractivity contribution in [2.75, 3.05) is 18.6 Å². The molecule has 0 heterocycles. The lowest BCUT2D eigenvalue weighted by Gasteiger charge is -2.14. The molecule has 4 heteroatoms. The molecule has 0 bridgehead atoms. The van der Waals surface area contributed by atoms with Gasteiger partial charge in [-0.1, -0.05) is 25.1 Å². The van der Waals surface area contributed by atoms with Crippen LogP contribution in [0.4, 0.5) is 0 Å². The predicted octanol–water partition coefficient (Wildman–Crippen LogP) is 2.70. The van der Waals surface area contributed by atoms with E-state index >= 15 is 0 Å². The second-order valence-corrected chi connectivity index (χ2v) is 5.41. The summed E-state index contributed by atoms with van der Waals surface area (Å²) in [6.45, 7) is 5.00. The third-order valence-corrected chi connectivity index (χ3v) is 3.78. The van der Waals surface area contributed by atoms with Crippen LogP contribution in [0.15, 0.2) is 24.3 Å². The molecule has 1 N–H and O–H groups in total. The van der Waals surface area contributed by atoms with Gasteiger partial charge in [-0.25, -0.2) is 4.79 Å². The van der Waals surface area contributed by atoms with Crippen molar-refractivity contribution >= 4 is 17.7 Å². The molecule has 0 saturated carbocycles. The van der Waals surface area contributed by atoms with Crippen molar-refractivity contribution in [2.24, 2.45) is 0 Å². The van der Waals surface area contributed by atoms with E-state index in [0.717, 1.165) is 17.1 Å². The van der Waals surface area contributed by atoms with Gasteiger partial charge in [0.2, 0.25) is 0 Å². The Labute approximate surface area is 113 Å². The first-order valence-corrected chi connectivity index (χ1v) is 7.31. The zero-order valence-electron chi connectivity index (χ0n) is 11.2. The van der Waals surface area contributed by atoms with E-state index in [1.54, 1.807) is 6.07 Å². The van der Waals surface area contributed by atoms with E-state index in [-0.39, 0.29) is 5.97 Å². The van der Waals surface area contributed by atoms with Gasteiger partial charge < -0.3 is 10.1 Å². The predicted molar refractivity (Wildman–Crippen MR) is 77.1 cm³/mol. The highest BCUT2D eigenvalue weighted by atomic mass is 32.2. The number of carbonyl (C=O) groups is 1. The average molecular weight is 267 g/mol. The summed E-state index contributed by atoms with van der Waals surface area (Å²) < 4.78 is 4.78. The summed E-state index contributed by atoms with van der Waals surface area (Å²) in [4.78, 5) is 11.6. The summed E-state index contributed by atoms with van der Waals surface area (Å²) in [7, 11) is 1.41. The molecule has 1 aromatic carbocycles. The Hall–Kier alpha value is -1.00. The Balaban J connectivity index is 2.59. The average Bonchev–Trinajstić information content (AvgIpc) is 2.42. The first-order valence-electron chi connectivity index (χ1n) is 6.16. The monoisotopic (exact) mass is 267 g/mol. The highest BCUT2D eigenvalue weighted by molar-refractivity contribution is 7.99. The molecule has 1 unspecified atom stereocenters. The molecule has 0 aliphatic carbocycles. The Morgan fingerprint density at radius 3 is 2.83 bits per heavy atom. The lowest BCUT2D eigenvalue weighted by molar-refractivity contribution is 0.0599. The molecule has 0 radical (unpaired) electrons. The fourth-order valence-corrected chi connectivity index (χ4v) is 2.33. The van der Waals surface area contributed by atoms with Crippen LogP contribution in [0.25, 0.3) is 0 Å². The van der Waals surface area contributed by atoms with Crippen molar-refractivity contribution in [1.29, 1.82) is 0 Å². The fraction of sp³-hybridized carbons (Fsp3) is 0.500. The molecule has 0 aromatic heterocycles. The van der Waals surface area contributed by atoms with Gasteiger partial charge in [0.15, 0.2) is 0 Å². The van der Waals surface area contributed by atoms with Crippen LogP contribution in [-0.4, -0.2) is 30.6 Å². The maximum atomic E-state index is 11.6. The van der Waals surface area contributed by atoms with Gasteiger partial charge in [-0.2, -0.15) is 11.8 Å². The third kappa shape index (κ3) is 4.70. The molecule has 0 fully saturated rings. The lowest BCUT2D eigenvalue weighted by Crippen LogP contribution is -2.28. The van der Waals surface area contributed by atoms with Gasteiger partial charge in [0.1, 0.15) is 0 Å². The highest BCUT2D eigenvalue weighted by Crippen LogP contribution is 2.10. The molecule has 0 aliphatic rings. The minimum Gasteiger partial charge on any atom is -0.465 e. The van der Waals surface area contributed by atoms with E-state index in [1.807, 2.05) is 30.0 Å². The summed E-state index contributed by atoms with van der Waals surface area (Å²) in [5.74, 6) is 1.93. The summed E-state index contributed by atoms with van der Waals surface area (Å²) in [5.41, 5.74) is 1.63. The Kier molecular flexibility index (Phi) is 6.83. The SMILES string of the molecule is CCSCC(C)NCc1ccccc1C(=O)OC. The van der Waals surface area contributed by atoms with Crippen LogP contribution in [-0.2, 0) is 11.3 Å². The summed E-state index contributed by atoms with van der Waals surface area (Å²) in [5, 5.41) is 3.42. The smallest absolute Gasteiger partial charge is 0.338 e. The minimum atomic E-state index is -0.275. The van der Waals surface area contributed by atoms with Crippen LogP contribution < -0.4 is 5.32 Å². The topological polar surface area (TPSA) is 38.3 Å². The van der Waals surface area contributed by atoms with E-state index in [4.69, 9.17) is 4.74 Å². The molecule has 0 saturated heterocycles. The number of hydrogen-bond donors (Lipinski definition) is 1. The molecule has 0 aliphatic heterocycles. The number of thioether (sulfide) groups is 1. The van der Waals surface area contributed by atoms with Crippen molar-refractivity contribution in [3.8, 4) is 0 Å². The molecular formula is C14H21NO2S. The molecule has 3 nitrogen and oxygen atoms in total. The number of esters is 1.